The van der Waals surface area contributed by atoms with Crippen LogP contribution in [0.15, 0.2) is 0 Å². The fraction of sp³-hybridized carbons (Fsp3) is 1.00. The summed E-state index contributed by atoms with van der Waals surface area (Å²) >= 11 is 0. The van der Waals surface area contributed by atoms with Crippen LogP contribution in [0.1, 0.15) is 40.0 Å². The highest BCUT2D eigenvalue weighted by Crippen LogP contribution is 2.31. The lowest BCUT2D eigenvalue weighted by Gasteiger charge is -2.27. The van der Waals surface area contributed by atoms with Crippen molar-refractivity contribution < 1.29 is 8.42 Å². The Balaban J connectivity index is 2.83. The molecule has 1 unspecified atom stereocenters. The van der Waals surface area contributed by atoms with Gasteiger partial charge in [0.2, 0.25) is 10.0 Å². The molecule has 1 atom stereocenters. The maximum atomic E-state index is 12.4. The Morgan fingerprint density at radius 3 is 2.25 bits per heavy atom. The summed E-state index contributed by atoms with van der Waals surface area (Å²) in [4.78, 5) is 0. The highest BCUT2D eigenvalue weighted by molar-refractivity contribution is 7.89. The summed E-state index contributed by atoms with van der Waals surface area (Å²) in [6, 6.07) is 0.244. The van der Waals surface area contributed by atoms with Crippen molar-refractivity contribution in [3.05, 3.63) is 0 Å². The lowest BCUT2D eigenvalue weighted by atomic mass is 10.2. The van der Waals surface area contributed by atoms with Crippen molar-refractivity contribution in [1.29, 1.82) is 0 Å². The molecule has 96 valence electrons. The molecule has 4 nitrogen and oxygen atoms in total. The Hall–Kier alpha value is -0.130. The smallest absolute Gasteiger partial charge is 0.218 e. The van der Waals surface area contributed by atoms with Crippen molar-refractivity contribution >= 4 is 10.0 Å². The van der Waals surface area contributed by atoms with Gasteiger partial charge in [0.1, 0.15) is 0 Å². The lowest BCUT2D eigenvalue weighted by Crippen LogP contribution is -2.44. The summed E-state index contributed by atoms with van der Waals surface area (Å²) in [5, 5.41) is -0.410. The van der Waals surface area contributed by atoms with E-state index in [0.717, 1.165) is 12.8 Å². The number of sulfonamides is 1. The molecule has 0 radical (unpaired) electrons. The molecule has 0 amide bonds. The maximum Gasteiger partial charge on any atom is 0.218 e. The third kappa shape index (κ3) is 3.18. The summed E-state index contributed by atoms with van der Waals surface area (Å²) < 4.78 is 26.4. The van der Waals surface area contributed by atoms with E-state index in [1.54, 1.807) is 4.31 Å². The standard InChI is InChI=1S/C11H24N2O2S/c1-4-11(7-12)16(14,15)13(8-9(2)3)10-5-6-10/h9-11H,4-8,12H2,1-3H3. The zero-order chi connectivity index (χ0) is 12.3. The minimum Gasteiger partial charge on any atom is -0.329 e. The topological polar surface area (TPSA) is 63.4 Å². The van der Waals surface area contributed by atoms with Crippen LogP contribution in [0.25, 0.3) is 0 Å². The molecule has 1 fully saturated rings. The number of hydrogen-bond acceptors (Lipinski definition) is 3. The van der Waals surface area contributed by atoms with Crippen LogP contribution in [-0.4, -0.2) is 37.1 Å². The van der Waals surface area contributed by atoms with Gasteiger partial charge in [0.15, 0.2) is 0 Å². The molecule has 0 aromatic rings. The second kappa shape index (κ2) is 5.47. The summed E-state index contributed by atoms with van der Waals surface area (Å²) in [6.45, 7) is 6.84. The quantitative estimate of drug-likeness (QED) is 0.735. The van der Waals surface area contributed by atoms with Gasteiger partial charge in [-0.15, -0.1) is 0 Å². The third-order valence-electron chi connectivity index (χ3n) is 2.97. The molecular formula is C11H24N2O2S. The van der Waals surface area contributed by atoms with Crippen molar-refractivity contribution in [2.45, 2.75) is 51.3 Å². The second-order valence-corrected chi connectivity index (χ2v) is 7.17. The molecule has 0 spiro atoms. The van der Waals surface area contributed by atoms with Gasteiger partial charge in [0.05, 0.1) is 5.25 Å². The Morgan fingerprint density at radius 1 is 1.38 bits per heavy atom. The van der Waals surface area contributed by atoms with Crippen molar-refractivity contribution in [2.24, 2.45) is 11.7 Å². The van der Waals surface area contributed by atoms with Crippen molar-refractivity contribution in [3.63, 3.8) is 0 Å². The average Bonchev–Trinajstić information content (AvgIpc) is 2.98. The van der Waals surface area contributed by atoms with Crippen LogP contribution in [-0.2, 0) is 10.0 Å². The Bertz CT molecular complexity index is 306. The summed E-state index contributed by atoms with van der Waals surface area (Å²) in [5.74, 6) is 0.366. The largest absolute Gasteiger partial charge is 0.329 e. The molecule has 0 aromatic heterocycles. The second-order valence-electron chi connectivity index (χ2n) is 5.01. The molecular weight excluding hydrogens is 224 g/mol. The normalized spacial score (nSPS) is 19.4. The Labute approximate surface area is 99.2 Å². The van der Waals surface area contributed by atoms with Crippen LogP contribution in [0.5, 0.6) is 0 Å². The average molecular weight is 248 g/mol. The first kappa shape index (κ1) is 13.9. The van der Waals surface area contributed by atoms with Gasteiger partial charge in [-0.1, -0.05) is 20.8 Å². The molecule has 1 aliphatic rings. The van der Waals surface area contributed by atoms with Gasteiger partial charge in [0, 0.05) is 19.1 Å². The number of hydrogen-bond donors (Lipinski definition) is 1. The molecule has 1 aliphatic carbocycles. The number of rotatable bonds is 7. The van der Waals surface area contributed by atoms with Crippen molar-refractivity contribution in [2.75, 3.05) is 13.1 Å². The summed E-state index contributed by atoms with van der Waals surface area (Å²) in [7, 11) is -3.19. The zero-order valence-corrected chi connectivity index (χ0v) is 11.3. The van der Waals surface area contributed by atoms with Gasteiger partial charge in [-0.3, -0.25) is 0 Å². The van der Waals surface area contributed by atoms with E-state index >= 15 is 0 Å². The fourth-order valence-corrected chi connectivity index (χ4v) is 4.05. The van der Waals surface area contributed by atoms with E-state index in [0.29, 0.717) is 18.9 Å². The van der Waals surface area contributed by atoms with E-state index in [1.807, 2.05) is 20.8 Å². The van der Waals surface area contributed by atoms with Gasteiger partial charge < -0.3 is 5.73 Å². The monoisotopic (exact) mass is 248 g/mol. The van der Waals surface area contributed by atoms with Crippen molar-refractivity contribution in [1.82, 2.24) is 4.31 Å². The molecule has 5 heteroatoms. The molecule has 0 saturated heterocycles. The minimum atomic E-state index is -3.19. The fourth-order valence-electron chi connectivity index (χ4n) is 1.87. The van der Waals surface area contributed by atoms with Crippen LogP contribution >= 0.6 is 0 Å². The van der Waals surface area contributed by atoms with E-state index in [4.69, 9.17) is 5.73 Å². The van der Waals surface area contributed by atoms with Gasteiger partial charge in [-0.25, -0.2) is 8.42 Å². The molecule has 0 aliphatic heterocycles. The van der Waals surface area contributed by atoms with E-state index in [1.165, 1.54) is 0 Å². The van der Waals surface area contributed by atoms with Gasteiger partial charge in [0.25, 0.3) is 0 Å². The Kier molecular flexibility index (Phi) is 4.76. The van der Waals surface area contributed by atoms with E-state index in [-0.39, 0.29) is 12.6 Å². The highest BCUT2D eigenvalue weighted by atomic mass is 32.2. The maximum absolute atomic E-state index is 12.4. The predicted octanol–water partition coefficient (Wildman–Crippen LogP) is 1.17. The molecule has 0 aromatic carbocycles. The highest BCUT2D eigenvalue weighted by Gasteiger charge is 2.40. The predicted molar refractivity (Wildman–Crippen MR) is 66.6 cm³/mol. The number of nitrogens with zero attached hydrogens (tertiary/aromatic N) is 1. The molecule has 1 saturated carbocycles. The minimum absolute atomic E-state index is 0.222. The molecule has 1 rings (SSSR count). The van der Waals surface area contributed by atoms with E-state index in [9.17, 15) is 8.42 Å². The summed E-state index contributed by atoms with van der Waals surface area (Å²) in [6.07, 6.45) is 2.61. The van der Waals surface area contributed by atoms with Crippen LogP contribution in [0.4, 0.5) is 0 Å². The van der Waals surface area contributed by atoms with Gasteiger partial charge >= 0.3 is 0 Å². The van der Waals surface area contributed by atoms with E-state index < -0.39 is 15.3 Å². The zero-order valence-electron chi connectivity index (χ0n) is 10.5. The van der Waals surface area contributed by atoms with Crippen LogP contribution in [0.3, 0.4) is 0 Å². The number of nitrogens with two attached hydrogens (primary N) is 1. The first-order valence-electron chi connectivity index (χ1n) is 6.14. The SMILES string of the molecule is CCC(CN)S(=O)(=O)N(CC(C)C)C1CC1. The first-order chi connectivity index (χ1) is 7.43. The molecule has 0 heterocycles. The van der Waals surface area contributed by atoms with E-state index in [2.05, 4.69) is 0 Å². The lowest BCUT2D eigenvalue weighted by molar-refractivity contribution is 0.354. The van der Waals surface area contributed by atoms with Crippen LogP contribution in [0.2, 0.25) is 0 Å². The van der Waals surface area contributed by atoms with Crippen molar-refractivity contribution in [3.8, 4) is 0 Å². The molecule has 0 bridgehead atoms. The molecule has 2 N–H and O–H groups in total. The van der Waals surface area contributed by atoms with Crippen LogP contribution < -0.4 is 5.73 Å². The Morgan fingerprint density at radius 2 is 1.94 bits per heavy atom. The third-order valence-corrected chi connectivity index (χ3v) is 5.43. The van der Waals surface area contributed by atoms with Gasteiger partial charge in [-0.2, -0.15) is 4.31 Å². The van der Waals surface area contributed by atoms with Gasteiger partial charge in [-0.05, 0) is 25.2 Å². The van der Waals surface area contributed by atoms with Crippen LogP contribution in [0, 0.1) is 5.92 Å². The molecule has 16 heavy (non-hydrogen) atoms. The first-order valence-corrected chi connectivity index (χ1v) is 7.64. The summed E-state index contributed by atoms with van der Waals surface area (Å²) in [5.41, 5.74) is 5.55.